The van der Waals surface area contributed by atoms with Gasteiger partial charge in [-0.25, -0.2) is 4.79 Å². The first kappa shape index (κ1) is 21.6. The molecule has 1 unspecified atom stereocenters. The Kier molecular flexibility index (Phi) is 6.44. The maximum atomic E-state index is 12.4. The number of carboxylic acid groups (broad SMARTS) is 1. The van der Waals surface area contributed by atoms with Gasteiger partial charge >= 0.3 is 5.97 Å². The fourth-order valence-electron chi connectivity index (χ4n) is 5.01. The molecule has 164 valence electrons. The number of hydrogen-bond acceptors (Lipinski definition) is 3. The van der Waals surface area contributed by atoms with Gasteiger partial charge in [0.25, 0.3) is 0 Å². The van der Waals surface area contributed by atoms with Crippen molar-refractivity contribution in [3.05, 3.63) is 70.4 Å². The summed E-state index contributed by atoms with van der Waals surface area (Å²) in [6.07, 6.45) is 2.46. The fraction of sp³-hybridized carbons (Fsp3) is 0.423. The van der Waals surface area contributed by atoms with E-state index in [9.17, 15) is 9.90 Å². The van der Waals surface area contributed by atoms with E-state index >= 15 is 0 Å². The lowest BCUT2D eigenvalue weighted by Gasteiger charge is -2.23. The first-order chi connectivity index (χ1) is 15.0. The second kappa shape index (κ2) is 9.25. The minimum atomic E-state index is -0.866. The Bertz CT molecular complexity index is 1090. The molecule has 0 amide bonds. The summed E-state index contributed by atoms with van der Waals surface area (Å²) in [6.45, 7) is 10.6. The molecule has 1 aliphatic heterocycles. The average Bonchev–Trinajstić information content (AvgIpc) is 3.33. The van der Waals surface area contributed by atoms with Crippen LogP contribution in [0.1, 0.15) is 52.5 Å². The summed E-state index contributed by atoms with van der Waals surface area (Å²) in [6, 6.07) is 15.0. The zero-order valence-electron chi connectivity index (χ0n) is 18.8. The van der Waals surface area contributed by atoms with Crippen LogP contribution in [0.15, 0.2) is 42.5 Å². The molecule has 2 aromatic carbocycles. The number of fused-ring (bicyclic) bond motifs is 1. The van der Waals surface area contributed by atoms with Crippen molar-refractivity contribution in [2.45, 2.75) is 52.7 Å². The molecule has 2 heterocycles. The van der Waals surface area contributed by atoms with E-state index in [2.05, 4.69) is 49.2 Å². The van der Waals surface area contributed by atoms with Crippen molar-refractivity contribution in [3.63, 3.8) is 0 Å². The highest BCUT2D eigenvalue weighted by Crippen LogP contribution is 2.28. The predicted octanol–water partition coefficient (Wildman–Crippen LogP) is 4.58. The van der Waals surface area contributed by atoms with Gasteiger partial charge in [-0.2, -0.15) is 0 Å². The van der Waals surface area contributed by atoms with E-state index in [1.165, 1.54) is 30.5 Å². The molecule has 0 spiro atoms. The molecule has 1 aromatic heterocycles. The zero-order valence-corrected chi connectivity index (χ0v) is 18.8. The number of likely N-dealkylation sites (tertiary alicyclic amines) is 1. The largest absolute Gasteiger partial charge is 0.477 e. The van der Waals surface area contributed by atoms with E-state index in [1.807, 2.05) is 28.8 Å². The van der Waals surface area contributed by atoms with Crippen LogP contribution in [0.25, 0.3) is 10.9 Å². The summed E-state index contributed by atoms with van der Waals surface area (Å²) in [4.78, 5) is 14.9. The van der Waals surface area contributed by atoms with Gasteiger partial charge in [0.1, 0.15) is 5.69 Å². The van der Waals surface area contributed by atoms with Crippen molar-refractivity contribution in [2.75, 3.05) is 19.6 Å². The van der Waals surface area contributed by atoms with Crippen LogP contribution >= 0.6 is 0 Å². The van der Waals surface area contributed by atoms with Crippen LogP contribution in [0.2, 0.25) is 0 Å². The van der Waals surface area contributed by atoms with Gasteiger partial charge in [-0.15, -0.1) is 0 Å². The zero-order chi connectivity index (χ0) is 22.0. The predicted molar refractivity (Wildman–Crippen MR) is 126 cm³/mol. The van der Waals surface area contributed by atoms with Gasteiger partial charge in [-0.1, -0.05) is 48.9 Å². The summed E-state index contributed by atoms with van der Waals surface area (Å²) in [5.41, 5.74) is 5.79. The number of carboxylic acids is 1. The Balaban J connectivity index is 1.67. The van der Waals surface area contributed by atoms with Crippen molar-refractivity contribution in [1.82, 2.24) is 14.8 Å². The average molecular weight is 420 g/mol. The molecular formula is C26H33N3O2. The fourth-order valence-corrected chi connectivity index (χ4v) is 5.01. The molecule has 1 atom stereocenters. The summed E-state index contributed by atoms with van der Waals surface area (Å²) in [5, 5.41) is 14.8. The van der Waals surface area contributed by atoms with Crippen molar-refractivity contribution in [1.29, 1.82) is 0 Å². The molecule has 0 radical (unpaired) electrons. The number of carbonyl (C=O) groups is 1. The van der Waals surface area contributed by atoms with Crippen LogP contribution in [0.5, 0.6) is 0 Å². The number of aryl methyl sites for hydroxylation is 2. The lowest BCUT2D eigenvalue weighted by Crippen LogP contribution is -2.37. The Hall–Kier alpha value is -2.63. The summed E-state index contributed by atoms with van der Waals surface area (Å²) in [5.74, 6) is -0.866. The third kappa shape index (κ3) is 4.39. The van der Waals surface area contributed by atoms with Crippen LogP contribution in [0.3, 0.4) is 0 Å². The SMILES string of the molecule is CCN1CCCC1CNCc1c(C(=O)O)n(Cc2cc(C)ccc2C)c2ccccc12. The summed E-state index contributed by atoms with van der Waals surface area (Å²) >= 11 is 0. The Labute approximate surface area is 184 Å². The number of benzene rings is 2. The smallest absolute Gasteiger partial charge is 0.352 e. The molecule has 5 nitrogen and oxygen atoms in total. The Morgan fingerprint density at radius 3 is 2.77 bits per heavy atom. The van der Waals surface area contributed by atoms with Crippen LogP contribution in [0.4, 0.5) is 0 Å². The maximum absolute atomic E-state index is 12.4. The summed E-state index contributed by atoms with van der Waals surface area (Å²) < 4.78 is 1.98. The molecule has 5 heteroatoms. The van der Waals surface area contributed by atoms with Gasteiger partial charge in [0.15, 0.2) is 0 Å². The number of nitrogens with one attached hydrogen (secondary N) is 1. The number of rotatable bonds is 8. The quantitative estimate of drug-likeness (QED) is 0.561. The first-order valence-electron chi connectivity index (χ1n) is 11.3. The molecule has 31 heavy (non-hydrogen) atoms. The third-order valence-electron chi connectivity index (χ3n) is 6.70. The van der Waals surface area contributed by atoms with Crippen molar-refractivity contribution < 1.29 is 9.90 Å². The van der Waals surface area contributed by atoms with E-state index in [0.29, 0.717) is 24.8 Å². The van der Waals surface area contributed by atoms with Gasteiger partial charge in [-0.3, -0.25) is 4.90 Å². The maximum Gasteiger partial charge on any atom is 0.352 e. The Morgan fingerprint density at radius 1 is 1.19 bits per heavy atom. The van der Waals surface area contributed by atoms with Crippen LogP contribution in [-0.4, -0.2) is 46.2 Å². The monoisotopic (exact) mass is 419 g/mol. The van der Waals surface area contributed by atoms with Crippen LogP contribution in [-0.2, 0) is 13.1 Å². The van der Waals surface area contributed by atoms with E-state index in [1.54, 1.807) is 0 Å². The second-order valence-electron chi connectivity index (χ2n) is 8.72. The molecule has 2 N–H and O–H groups in total. The molecule has 0 saturated carbocycles. The number of aromatic carboxylic acids is 1. The molecule has 1 fully saturated rings. The summed E-state index contributed by atoms with van der Waals surface area (Å²) in [7, 11) is 0. The number of likely N-dealkylation sites (N-methyl/N-ethyl adjacent to an activating group) is 1. The molecule has 1 saturated heterocycles. The normalized spacial score (nSPS) is 16.9. The minimum absolute atomic E-state index is 0.397. The van der Waals surface area contributed by atoms with Gasteiger partial charge in [-0.05, 0) is 57.0 Å². The van der Waals surface area contributed by atoms with E-state index in [4.69, 9.17) is 0 Å². The Morgan fingerprint density at radius 2 is 2.00 bits per heavy atom. The van der Waals surface area contributed by atoms with Crippen LogP contribution in [0, 0.1) is 13.8 Å². The van der Waals surface area contributed by atoms with Gasteiger partial charge in [0.2, 0.25) is 0 Å². The molecule has 3 aromatic rings. The number of para-hydroxylation sites is 1. The van der Waals surface area contributed by atoms with Gasteiger partial charge < -0.3 is 15.0 Å². The number of aromatic nitrogens is 1. The van der Waals surface area contributed by atoms with Crippen molar-refractivity contribution in [2.24, 2.45) is 0 Å². The molecule has 0 aliphatic carbocycles. The highest BCUT2D eigenvalue weighted by atomic mass is 16.4. The second-order valence-corrected chi connectivity index (χ2v) is 8.72. The van der Waals surface area contributed by atoms with Gasteiger partial charge in [0.05, 0.1) is 0 Å². The molecular weight excluding hydrogens is 386 g/mol. The van der Waals surface area contributed by atoms with E-state index in [-0.39, 0.29) is 0 Å². The molecule has 0 bridgehead atoms. The standard InChI is InChI=1S/C26H33N3O2/c1-4-28-13-7-8-21(28)15-27-16-23-22-9-5-6-10-24(22)29(25(23)26(30)31)17-20-14-18(2)11-12-19(20)3/h5-6,9-12,14,21,27H,4,7-8,13,15-17H2,1-3H3,(H,30,31). The van der Waals surface area contributed by atoms with Gasteiger partial charge in [0, 0.05) is 42.1 Å². The van der Waals surface area contributed by atoms with Crippen molar-refractivity contribution >= 4 is 16.9 Å². The first-order valence-corrected chi connectivity index (χ1v) is 11.3. The van der Waals surface area contributed by atoms with E-state index < -0.39 is 5.97 Å². The lowest BCUT2D eigenvalue weighted by molar-refractivity contribution is 0.0684. The topological polar surface area (TPSA) is 57.5 Å². The van der Waals surface area contributed by atoms with Crippen molar-refractivity contribution in [3.8, 4) is 0 Å². The lowest BCUT2D eigenvalue weighted by atomic mass is 10.1. The molecule has 1 aliphatic rings. The number of nitrogens with zero attached hydrogens (tertiary/aromatic N) is 2. The molecule has 4 rings (SSSR count). The highest BCUT2D eigenvalue weighted by Gasteiger charge is 2.25. The van der Waals surface area contributed by atoms with Crippen LogP contribution < -0.4 is 5.32 Å². The van der Waals surface area contributed by atoms with E-state index in [0.717, 1.165) is 35.1 Å². The highest BCUT2D eigenvalue weighted by molar-refractivity contribution is 5.98. The third-order valence-corrected chi connectivity index (χ3v) is 6.70. The minimum Gasteiger partial charge on any atom is -0.477 e. The number of hydrogen-bond donors (Lipinski definition) is 2.